The maximum atomic E-state index is 11.7. The van der Waals surface area contributed by atoms with Gasteiger partial charge in [0.15, 0.2) is 0 Å². The van der Waals surface area contributed by atoms with E-state index in [2.05, 4.69) is 10.2 Å². The average Bonchev–Trinajstić information content (AvgIpc) is 2.62. The van der Waals surface area contributed by atoms with Gasteiger partial charge in [0.2, 0.25) is 0 Å². The van der Waals surface area contributed by atoms with Gasteiger partial charge in [-0.25, -0.2) is 0 Å². The van der Waals surface area contributed by atoms with Crippen molar-refractivity contribution in [2.24, 2.45) is 0 Å². The minimum Gasteiger partial charge on any atom is -0.369 e. The van der Waals surface area contributed by atoms with Crippen molar-refractivity contribution in [3.8, 4) is 0 Å². The van der Waals surface area contributed by atoms with Crippen LogP contribution < -0.4 is 10.2 Å². The van der Waals surface area contributed by atoms with Gasteiger partial charge in [-0.2, -0.15) is 0 Å². The normalized spacial score (nSPS) is 24.0. The molecule has 1 unspecified atom stereocenters. The van der Waals surface area contributed by atoms with E-state index < -0.39 is 11.7 Å². The van der Waals surface area contributed by atoms with Crippen molar-refractivity contribution in [1.82, 2.24) is 0 Å². The highest BCUT2D eigenvalue weighted by atomic mass is 35.5. The second-order valence-electron chi connectivity index (χ2n) is 6.20. The molecule has 0 saturated carbocycles. The Labute approximate surface area is 128 Å². The summed E-state index contributed by atoms with van der Waals surface area (Å²) in [6, 6.07) is 3.34. The van der Waals surface area contributed by atoms with Crippen molar-refractivity contribution in [1.29, 1.82) is 0 Å². The van der Waals surface area contributed by atoms with Crippen LogP contribution in [0.2, 0.25) is 5.02 Å². The number of ether oxygens (including phenoxy) is 1. The second-order valence-corrected chi connectivity index (χ2v) is 6.61. The fourth-order valence-electron chi connectivity index (χ4n) is 3.03. The SMILES string of the molecule is CC1CN(c2cc3c(cc2Cl)C(=O)C(=O)N3)CC(C)(C)O1. The minimum atomic E-state index is -0.603. The number of carbonyl (C=O) groups is 2. The van der Waals surface area contributed by atoms with Crippen LogP contribution in [-0.4, -0.2) is 36.5 Å². The molecule has 1 atom stereocenters. The number of Topliss-reactive ketones (excluding diaryl/α,β-unsaturated/α-hetero) is 1. The molecular formula is C15H17ClN2O3. The van der Waals surface area contributed by atoms with Gasteiger partial charge in [-0.15, -0.1) is 0 Å². The van der Waals surface area contributed by atoms with Gasteiger partial charge in [-0.1, -0.05) is 11.6 Å². The Balaban J connectivity index is 1.99. The molecule has 2 aliphatic heterocycles. The molecule has 0 aromatic heterocycles. The molecule has 1 fully saturated rings. The molecule has 21 heavy (non-hydrogen) atoms. The maximum Gasteiger partial charge on any atom is 0.296 e. The number of ketones is 1. The predicted molar refractivity (Wildman–Crippen MR) is 81.3 cm³/mol. The Morgan fingerprint density at radius 1 is 1.38 bits per heavy atom. The van der Waals surface area contributed by atoms with E-state index in [1.54, 1.807) is 12.1 Å². The number of anilines is 2. The Bertz CT molecular complexity index is 642. The molecule has 1 saturated heterocycles. The summed E-state index contributed by atoms with van der Waals surface area (Å²) in [6.07, 6.45) is 0.0781. The minimum absolute atomic E-state index is 0.0781. The fourth-order valence-corrected chi connectivity index (χ4v) is 3.32. The number of fused-ring (bicyclic) bond motifs is 1. The quantitative estimate of drug-likeness (QED) is 0.810. The van der Waals surface area contributed by atoms with E-state index in [4.69, 9.17) is 16.3 Å². The van der Waals surface area contributed by atoms with Gasteiger partial charge in [0.25, 0.3) is 11.7 Å². The van der Waals surface area contributed by atoms with Crippen LogP contribution in [0, 0.1) is 0 Å². The lowest BCUT2D eigenvalue weighted by molar-refractivity contribution is -0.112. The highest BCUT2D eigenvalue weighted by molar-refractivity contribution is 6.52. The first-order chi connectivity index (χ1) is 9.77. The average molecular weight is 309 g/mol. The maximum absolute atomic E-state index is 11.7. The lowest BCUT2D eigenvalue weighted by Gasteiger charge is -2.43. The second kappa shape index (κ2) is 4.71. The zero-order valence-electron chi connectivity index (χ0n) is 12.2. The molecule has 1 aromatic carbocycles. The van der Waals surface area contributed by atoms with Crippen molar-refractivity contribution in [2.75, 3.05) is 23.3 Å². The van der Waals surface area contributed by atoms with Crippen LogP contribution in [0.1, 0.15) is 31.1 Å². The number of hydrogen-bond donors (Lipinski definition) is 1. The number of rotatable bonds is 1. The summed E-state index contributed by atoms with van der Waals surface area (Å²) in [5.74, 6) is -1.14. The molecule has 2 aliphatic rings. The molecule has 0 spiro atoms. The molecule has 5 nitrogen and oxygen atoms in total. The number of nitrogens with one attached hydrogen (secondary N) is 1. The lowest BCUT2D eigenvalue weighted by Crippen LogP contribution is -2.52. The van der Waals surface area contributed by atoms with Crippen LogP contribution >= 0.6 is 11.6 Å². The number of nitrogens with zero attached hydrogens (tertiary/aromatic N) is 1. The molecule has 112 valence electrons. The summed E-state index contributed by atoms with van der Waals surface area (Å²) in [4.78, 5) is 25.3. The van der Waals surface area contributed by atoms with Gasteiger partial charge in [0, 0.05) is 13.1 Å². The number of amides is 1. The van der Waals surface area contributed by atoms with Gasteiger partial charge in [-0.05, 0) is 32.9 Å². The van der Waals surface area contributed by atoms with Crippen molar-refractivity contribution >= 4 is 34.7 Å². The summed E-state index contributed by atoms with van der Waals surface area (Å²) in [7, 11) is 0. The Morgan fingerprint density at radius 2 is 2.10 bits per heavy atom. The summed E-state index contributed by atoms with van der Waals surface area (Å²) in [6.45, 7) is 7.48. The highest BCUT2D eigenvalue weighted by Gasteiger charge is 2.34. The number of halogens is 1. The molecule has 1 amide bonds. The third kappa shape index (κ3) is 2.51. The van der Waals surface area contributed by atoms with E-state index in [1.165, 1.54) is 0 Å². The van der Waals surface area contributed by atoms with Gasteiger partial charge in [-0.3, -0.25) is 9.59 Å². The molecule has 6 heteroatoms. The molecule has 0 aliphatic carbocycles. The smallest absolute Gasteiger partial charge is 0.296 e. The van der Waals surface area contributed by atoms with E-state index >= 15 is 0 Å². The molecule has 0 radical (unpaired) electrons. The summed E-state index contributed by atoms with van der Waals surface area (Å²) in [5, 5.41) is 3.06. The van der Waals surface area contributed by atoms with Crippen LogP contribution in [0.4, 0.5) is 11.4 Å². The number of carbonyl (C=O) groups excluding carboxylic acids is 2. The molecule has 3 rings (SSSR count). The number of benzene rings is 1. The molecule has 0 bridgehead atoms. The Morgan fingerprint density at radius 3 is 2.76 bits per heavy atom. The standard InChI is InChI=1S/C15H17ClN2O3/c1-8-6-18(7-15(2,3)21-8)12-5-11-9(4-10(12)16)13(19)14(20)17-11/h4-5,8H,6-7H2,1-3H3,(H,17,19,20). The zero-order valence-corrected chi connectivity index (χ0v) is 13.0. The summed E-state index contributed by atoms with van der Waals surface area (Å²) < 4.78 is 5.88. The molecular weight excluding hydrogens is 292 g/mol. The van der Waals surface area contributed by atoms with Crippen LogP contribution in [0.25, 0.3) is 0 Å². The topological polar surface area (TPSA) is 58.6 Å². The first kappa shape index (κ1) is 14.4. The van der Waals surface area contributed by atoms with Crippen molar-refractivity contribution in [3.05, 3.63) is 22.7 Å². The van der Waals surface area contributed by atoms with Crippen molar-refractivity contribution in [2.45, 2.75) is 32.5 Å². The summed E-state index contributed by atoms with van der Waals surface area (Å²) in [5.41, 5.74) is 1.41. The van der Waals surface area contributed by atoms with E-state index in [0.717, 1.165) is 5.69 Å². The van der Waals surface area contributed by atoms with Crippen LogP contribution in [-0.2, 0) is 9.53 Å². The van der Waals surface area contributed by atoms with Gasteiger partial charge in [0.1, 0.15) is 0 Å². The van der Waals surface area contributed by atoms with Crippen LogP contribution in [0.3, 0.4) is 0 Å². The number of hydrogen-bond acceptors (Lipinski definition) is 4. The van der Waals surface area contributed by atoms with Gasteiger partial charge < -0.3 is 15.0 Å². The Kier molecular flexibility index (Phi) is 3.22. The predicted octanol–water partition coefficient (Wildman–Crippen LogP) is 2.48. The largest absolute Gasteiger partial charge is 0.369 e. The first-order valence-corrected chi connectivity index (χ1v) is 7.26. The van der Waals surface area contributed by atoms with Gasteiger partial charge >= 0.3 is 0 Å². The third-order valence-corrected chi connectivity index (χ3v) is 4.00. The van der Waals surface area contributed by atoms with Crippen molar-refractivity contribution < 1.29 is 14.3 Å². The summed E-state index contributed by atoms with van der Waals surface area (Å²) >= 11 is 6.32. The Hall–Kier alpha value is -1.59. The monoisotopic (exact) mass is 308 g/mol. The first-order valence-electron chi connectivity index (χ1n) is 6.89. The fraction of sp³-hybridized carbons (Fsp3) is 0.467. The molecule has 1 N–H and O–H groups in total. The zero-order chi connectivity index (χ0) is 15.4. The van der Waals surface area contributed by atoms with E-state index in [9.17, 15) is 9.59 Å². The molecule has 1 aromatic rings. The molecule has 2 heterocycles. The van der Waals surface area contributed by atoms with Gasteiger partial charge in [0.05, 0.1) is 33.7 Å². The van der Waals surface area contributed by atoms with Crippen LogP contribution in [0.15, 0.2) is 12.1 Å². The lowest BCUT2D eigenvalue weighted by atomic mass is 10.0. The van der Waals surface area contributed by atoms with E-state index in [0.29, 0.717) is 29.4 Å². The number of morpholine rings is 1. The van der Waals surface area contributed by atoms with E-state index in [1.807, 2.05) is 20.8 Å². The van der Waals surface area contributed by atoms with E-state index in [-0.39, 0.29) is 11.7 Å². The third-order valence-electron chi connectivity index (χ3n) is 3.70. The highest BCUT2D eigenvalue weighted by Crippen LogP contribution is 2.37. The van der Waals surface area contributed by atoms with Crippen molar-refractivity contribution in [3.63, 3.8) is 0 Å². The van der Waals surface area contributed by atoms with Crippen LogP contribution in [0.5, 0.6) is 0 Å².